The summed E-state index contributed by atoms with van der Waals surface area (Å²) in [6, 6.07) is 0. The van der Waals surface area contributed by atoms with E-state index in [-0.39, 0.29) is 0 Å². The van der Waals surface area contributed by atoms with Gasteiger partial charge < -0.3 is 20.3 Å². The van der Waals surface area contributed by atoms with E-state index in [0.29, 0.717) is 0 Å². The van der Waals surface area contributed by atoms with Crippen LogP contribution in [0.25, 0.3) is 0 Å². The van der Waals surface area contributed by atoms with E-state index in [1.165, 1.54) is 0 Å². The van der Waals surface area contributed by atoms with Gasteiger partial charge >= 0.3 is 0 Å². The third-order valence-corrected chi connectivity index (χ3v) is 3.27. The number of ether oxygens (including phenoxy) is 1. The van der Waals surface area contributed by atoms with Crippen LogP contribution in [-0.2, 0) is 4.74 Å². The van der Waals surface area contributed by atoms with Gasteiger partial charge in [-0.15, -0.1) is 0 Å². The first-order valence-corrected chi connectivity index (χ1v) is 8.03. The molecule has 0 aliphatic heterocycles. The molecule has 0 unspecified atom stereocenters. The maximum atomic E-state index is 5.31. The van der Waals surface area contributed by atoms with Crippen LogP contribution in [0.3, 0.4) is 0 Å². The number of aliphatic imine (C=N–C) groups is 1. The lowest BCUT2D eigenvalue weighted by atomic mass is 10.3. The highest BCUT2D eigenvalue weighted by Crippen LogP contribution is 1.90. The molecule has 0 rings (SSSR count). The molecule has 0 heterocycles. The van der Waals surface area contributed by atoms with Crippen LogP contribution in [-0.4, -0.2) is 63.8 Å². The zero-order chi connectivity index (χ0) is 15.1. The monoisotopic (exact) mass is 286 g/mol. The lowest BCUT2D eigenvalue weighted by Crippen LogP contribution is -2.39. The fourth-order valence-electron chi connectivity index (χ4n) is 1.95. The van der Waals surface area contributed by atoms with Crippen LogP contribution < -0.4 is 10.6 Å². The van der Waals surface area contributed by atoms with E-state index in [1.807, 2.05) is 14.0 Å². The van der Waals surface area contributed by atoms with Crippen LogP contribution in [0.5, 0.6) is 0 Å². The summed E-state index contributed by atoms with van der Waals surface area (Å²) in [5.41, 5.74) is 0. The number of hydrogen-bond donors (Lipinski definition) is 2. The van der Waals surface area contributed by atoms with Crippen LogP contribution in [0.15, 0.2) is 4.99 Å². The van der Waals surface area contributed by atoms with Crippen molar-refractivity contribution in [1.82, 2.24) is 15.5 Å². The van der Waals surface area contributed by atoms with Crippen molar-refractivity contribution in [3.05, 3.63) is 0 Å². The Balaban J connectivity index is 3.52. The molecule has 0 aromatic rings. The van der Waals surface area contributed by atoms with Crippen molar-refractivity contribution in [3.63, 3.8) is 0 Å². The Morgan fingerprint density at radius 2 is 1.65 bits per heavy atom. The second-order valence-corrected chi connectivity index (χ2v) is 4.71. The molecule has 0 aromatic carbocycles. The molecule has 0 atom stereocenters. The molecule has 0 aliphatic carbocycles. The summed E-state index contributed by atoms with van der Waals surface area (Å²) in [6.07, 6.45) is 3.35. The molecule has 20 heavy (non-hydrogen) atoms. The van der Waals surface area contributed by atoms with Crippen molar-refractivity contribution < 1.29 is 4.74 Å². The van der Waals surface area contributed by atoms with Crippen molar-refractivity contribution >= 4 is 5.96 Å². The molecule has 0 radical (unpaired) electrons. The van der Waals surface area contributed by atoms with Gasteiger partial charge in [-0.25, -0.2) is 0 Å². The van der Waals surface area contributed by atoms with Gasteiger partial charge in [-0.1, -0.05) is 13.8 Å². The van der Waals surface area contributed by atoms with E-state index in [9.17, 15) is 0 Å². The third-order valence-electron chi connectivity index (χ3n) is 3.27. The highest BCUT2D eigenvalue weighted by atomic mass is 16.5. The average Bonchev–Trinajstić information content (AvgIpc) is 2.48. The molecule has 0 saturated carbocycles. The van der Waals surface area contributed by atoms with Crippen molar-refractivity contribution in [1.29, 1.82) is 0 Å². The van der Waals surface area contributed by atoms with E-state index >= 15 is 0 Å². The van der Waals surface area contributed by atoms with Gasteiger partial charge in [-0.3, -0.25) is 4.99 Å². The molecular weight excluding hydrogens is 252 g/mol. The van der Waals surface area contributed by atoms with Crippen molar-refractivity contribution in [2.75, 3.05) is 53.0 Å². The van der Waals surface area contributed by atoms with Crippen LogP contribution in [0.1, 0.15) is 40.0 Å². The Labute approximate surface area is 125 Å². The fourth-order valence-corrected chi connectivity index (χ4v) is 1.95. The lowest BCUT2D eigenvalue weighted by molar-refractivity contribution is 0.143. The minimum atomic E-state index is 0.809. The largest absolute Gasteiger partial charge is 0.382 e. The van der Waals surface area contributed by atoms with E-state index in [2.05, 4.69) is 34.4 Å². The molecule has 0 fully saturated rings. The number of unbranched alkanes of at least 4 members (excludes halogenated alkanes) is 1. The summed E-state index contributed by atoms with van der Waals surface area (Å²) in [5.74, 6) is 0.904. The number of hydrogen-bond acceptors (Lipinski definition) is 3. The smallest absolute Gasteiger partial charge is 0.190 e. The summed E-state index contributed by atoms with van der Waals surface area (Å²) in [7, 11) is 1.82. The standard InChI is InChI=1S/C15H34N4O/c1-5-19(6-2)13-10-12-18-15(16-4)17-11-8-9-14-20-7-3/h5-14H2,1-4H3,(H2,16,17,18). The van der Waals surface area contributed by atoms with Gasteiger partial charge in [0.05, 0.1) is 0 Å². The molecule has 0 spiro atoms. The number of rotatable bonds is 12. The van der Waals surface area contributed by atoms with Crippen molar-refractivity contribution in [2.45, 2.75) is 40.0 Å². The predicted molar refractivity (Wildman–Crippen MR) is 87.5 cm³/mol. The molecule has 0 aromatic heterocycles. The zero-order valence-corrected chi connectivity index (χ0v) is 13.9. The van der Waals surface area contributed by atoms with Crippen LogP contribution in [0, 0.1) is 0 Å². The van der Waals surface area contributed by atoms with Crippen LogP contribution in [0.2, 0.25) is 0 Å². The molecule has 0 aliphatic rings. The van der Waals surface area contributed by atoms with Gasteiger partial charge in [-0.05, 0) is 45.8 Å². The summed E-state index contributed by atoms with van der Waals surface area (Å²) in [6.45, 7) is 13.4. The topological polar surface area (TPSA) is 48.9 Å². The van der Waals surface area contributed by atoms with E-state index in [4.69, 9.17) is 4.74 Å². The molecule has 120 valence electrons. The second-order valence-electron chi connectivity index (χ2n) is 4.71. The summed E-state index contributed by atoms with van der Waals surface area (Å²) < 4.78 is 5.31. The first-order valence-electron chi connectivity index (χ1n) is 8.03. The number of guanidine groups is 1. The average molecular weight is 286 g/mol. The fraction of sp³-hybridized carbons (Fsp3) is 0.933. The molecule has 5 heteroatoms. The Hall–Kier alpha value is -0.810. The summed E-state index contributed by atoms with van der Waals surface area (Å²) >= 11 is 0. The van der Waals surface area contributed by atoms with E-state index in [0.717, 1.165) is 71.2 Å². The molecule has 2 N–H and O–H groups in total. The molecule has 0 saturated heterocycles. The minimum absolute atomic E-state index is 0.809. The van der Waals surface area contributed by atoms with Gasteiger partial charge in [0.15, 0.2) is 5.96 Å². The Morgan fingerprint density at radius 1 is 1.00 bits per heavy atom. The summed E-state index contributed by atoms with van der Waals surface area (Å²) in [4.78, 5) is 6.66. The zero-order valence-electron chi connectivity index (χ0n) is 13.9. The highest BCUT2D eigenvalue weighted by molar-refractivity contribution is 5.79. The molecule has 0 bridgehead atoms. The Morgan fingerprint density at radius 3 is 2.20 bits per heavy atom. The van der Waals surface area contributed by atoms with Gasteiger partial charge in [-0.2, -0.15) is 0 Å². The Bertz CT molecular complexity index is 230. The van der Waals surface area contributed by atoms with Gasteiger partial charge in [0.25, 0.3) is 0 Å². The SMILES string of the molecule is CCOCCCCNC(=NC)NCCCN(CC)CC. The van der Waals surface area contributed by atoms with Crippen molar-refractivity contribution in [3.8, 4) is 0 Å². The second kappa shape index (κ2) is 14.6. The highest BCUT2D eigenvalue weighted by Gasteiger charge is 2.00. The number of nitrogens with zero attached hydrogens (tertiary/aromatic N) is 2. The maximum Gasteiger partial charge on any atom is 0.190 e. The Kier molecular flexibility index (Phi) is 14.0. The minimum Gasteiger partial charge on any atom is -0.382 e. The van der Waals surface area contributed by atoms with Gasteiger partial charge in [0.1, 0.15) is 0 Å². The van der Waals surface area contributed by atoms with Crippen molar-refractivity contribution in [2.24, 2.45) is 4.99 Å². The lowest BCUT2D eigenvalue weighted by Gasteiger charge is -2.18. The van der Waals surface area contributed by atoms with E-state index in [1.54, 1.807) is 0 Å². The molecule has 0 amide bonds. The maximum absolute atomic E-state index is 5.31. The van der Waals surface area contributed by atoms with Gasteiger partial charge in [0, 0.05) is 33.4 Å². The van der Waals surface area contributed by atoms with Gasteiger partial charge in [0.2, 0.25) is 0 Å². The first-order chi connectivity index (χ1) is 9.78. The number of nitrogens with one attached hydrogen (secondary N) is 2. The normalized spacial score (nSPS) is 11.9. The predicted octanol–water partition coefficient (Wildman–Crippen LogP) is 1.70. The third kappa shape index (κ3) is 11.1. The first kappa shape index (κ1) is 19.2. The van der Waals surface area contributed by atoms with Crippen LogP contribution >= 0.6 is 0 Å². The quantitative estimate of drug-likeness (QED) is 0.326. The van der Waals surface area contributed by atoms with Crippen LogP contribution in [0.4, 0.5) is 0 Å². The van der Waals surface area contributed by atoms with E-state index < -0.39 is 0 Å². The molecule has 5 nitrogen and oxygen atoms in total. The summed E-state index contributed by atoms with van der Waals surface area (Å²) in [5, 5.41) is 6.69. The molecular formula is C15H34N4O.